The lowest BCUT2D eigenvalue weighted by molar-refractivity contribution is -0.149. The first-order chi connectivity index (χ1) is 16.1. The molecule has 1 aromatic heterocycles. The van der Waals surface area contributed by atoms with E-state index in [0.717, 1.165) is 35.2 Å². The van der Waals surface area contributed by atoms with Crippen LogP contribution in [-0.4, -0.2) is 65.2 Å². The minimum atomic E-state index is -0.802. The summed E-state index contributed by atoms with van der Waals surface area (Å²) in [5.41, 5.74) is 3.52. The summed E-state index contributed by atoms with van der Waals surface area (Å²) in [4.78, 5) is 34.0. The summed E-state index contributed by atoms with van der Waals surface area (Å²) in [7, 11) is 1.33. The van der Waals surface area contributed by atoms with Crippen LogP contribution in [0.5, 0.6) is 0 Å². The van der Waals surface area contributed by atoms with Gasteiger partial charge in [-0.3, -0.25) is 14.8 Å². The third kappa shape index (κ3) is 5.16. The van der Waals surface area contributed by atoms with E-state index in [0.29, 0.717) is 23.1 Å². The predicted molar refractivity (Wildman–Crippen MR) is 130 cm³/mol. The molecule has 1 saturated heterocycles. The number of pyridine rings is 1. The molecule has 1 unspecified atom stereocenters. The van der Waals surface area contributed by atoms with Crippen molar-refractivity contribution in [2.45, 2.75) is 51.3 Å². The van der Waals surface area contributed by atoms with Gasteiger partial charge in [-0.15, -0.1) is 0 Å². The van der Waals surface area contributed by atoms with Gasteiger partial charge in [-0.2, -0.15) is 0 Å². The fourth-order valence-electron chi connectivity index (χ4n) is 4.70. The van der Waals surface area contributed by atoms with Crippen LogP contribution in [0.2, 0.25) is 10.0 Å². The molecule has 1 aliphatic heterocycles. The number of hydrogen-bond donors (Lipinski definition) is 0. The van der Waals surface area contributed by atoms with Crippen LogP contribution >= 0.6 is 23.2 Å². The molecule has 0 bridgehead atoms. The number of methoxy groups -OCH3 is 1. The number of benzene rings is 1. The van der Waals surface area contributed by atoms with Crippen molar-refractivity contribution in [3.8, 4) is 0 Å². The van der Waals surface area contributed by atoms with Crippen LogP contribution in [0, 0.1) is 0 Å². The summed E-state index contributed by atoms with van der Waals surface area (Å²) in [6.07, 6.45) is 2.72. The molecule has 4 rings (SSSR count). The van der Waals surface area contributed by atoms with Crippen molar-refractivity contribution in [2.24, 2.45) is 0 Å². The number of ether oxygens (including phenoxy) is 2. The lowest BCUT2D eigenvalue weighted by atomic mass is 9.95. The van der Waals surface area contributed by atoms with Crippen molar-refractivity contribution < 1.29 is 19.1 Å². The molecule has 2 aromatic rings. The van der Waals surface area contributed by atoms with E-state index >= 15 is 0 Å². The second-order valence-corrected chi connectivity index (χ2v) is 10.5. The number of carbonyl (C=O) groups is 2. The van der Waals surface area contributed by atoms with Crippen molar-refractivity contribution in [3.63, 3.8) is 0 Å². The van der Waals surface area contributed by atoms with E-state index in [-0.39, 0.29) is 12.6 Å². The van der Waals surface area contributed by atoms with Crippen LogP contribution < -0.4 is 0 Å². The van der Waals surface area contributed by atoms with Gasteiger partial charge in [0, 0.05) is 30.9 Å². The van der Waals surface area contributed by atoms with Crippen LogP contribution in [-0.2, 0) is 27.1 Å². The molecule has 1 aliphatic carbocycles. The van der Waals surface area contributed by atoms with Crippen molar-refractivity contribution in [1.29, 1.82) is 0 Å². The van der Waals surface area contributed by atoms with E-state index in [1.165, 1.54) is 12.0 Å². The second-order valence-electron chi connectivity index (χ2n) is 9.65. The Balaban J connectivity index is 1.73. The van der Waals surface area contributed by atoms with Gasteiger partial charge in [-0.05, 0) is 68.5 Å². The standard InChI is InChI=1S/C25H29Cl2N3O4/c1-25(2,3)34-24(32)30-10-9-29(14-20(30)23(31)33-4)22-19-8-7-17(26)11-15(19)5-6-16-12-18(27)13-28-21(16)22/h7-8,11-13,20,22H,5-6,9-10,14H2,1-4H3/t20-,22?/m1/s1. The van der Waals surface area contributed by atoms with Crippen molar-refractivity contribution in [2.75, 3.05) is 26.7 Å². The molecule has 34 heavy (non-hydrogen) atoms. The highest BCUT2D eigenvalue weighted by atomic mass is 35.5. The van der Waals surface area contributed by atoms with Gasteiger partial charge in [0.1, 0.15) is 11.6 Å². The average Bonchev–Trinajstić information content (AvgIpc) is 2.93. The van der Waals surface area contributed by atoms with Gasteiger partial charge in [0.05, 0.1) is 23.9 Å². The second kappa shape index (κ2) is 9.72. The number of hydrogen-bond acceptors (Lipinski definition) is 6. The molecule has 0 spiro atoms. The molecule has 0 saturated carbocycles. The molecule has 2 atom stereocenters. The molecule has 1 aromatic carbocycles. The number of halogens is 2. The highest BCUT2D eigenvalue weighted by Gasteiger charge is 2.42. The molecule has 1 fully saturated rings. The summed E-state index contributed by atoms with van der Waals surface area (Å²) >= 11 is 12.6. The summed E-state index contributed by atoms with van der Waals surface area (Å²) in [5, 5.41) is 1.26. The van der Waals surface area contributed by atoms with E-state index in [1.807, 2.05) is 24.3 Å². The Morgan fingerprint density at radius 2 is 1.76 bits per heavy atom. The number of aromatic nitrogens is 1. The van der Waals surface area contributed by atoms with Gasteiger partial charge < -0.3 is 9.47 Å². The molecule has 2 aliphatic rings. The smallest absolute Gasteiger partial charge is 0.411 e. The van der Waals surface area contributed by atoms with Gasteiger partial charge >= 0.3 is 12.1 Å². The highest BCUT2D eigenvalue weighted by Crippen LogP contribution is 2.38. The van der Waals surface area contributed by atoms with Gasteiger partial charge in [0.15, 0.2) is 0 Å². The predicted octanol–water partition coefficient (Wildman–Crippen LogP) is 4.67. The fraction of sp³-hybridized carbons (Fsp3) is 0.480. The quantitative estimate of drug-likeness (QED) is 0.552. The fourth-order valence-corrected chi connectivity index (χ4v) is 5.07. The molecule has 0 radical (unpaired) electrons. The topological polar surface area (TPSA) is 72.0 Å². The highest BCUT2D eigenvalue weighted by molar-refractivity contribution is 6.30. The number of aryl methyl sites for hydroxylation is 2. The first-order valence-electron chi connectivity index (χ1n) is 11.3. The SMILES string of the molecule is COC(=O)[C@H]1CN(C2c3ccc(Cl)cc3CCc3cc(Cl)cnc32)CCN1C(=O)OC(C)(C)C. The van der Waals surface area contributed by atoms with Crippen molar-refractivity contribution >= 4 is 35.3 Å². The molecule has 9 heteroatoms. The summed E-state index contributed by atoms with van der Waals surface area (Å²) in [5.74, 6) is -0.482. The number of amides is 1. The average molecular weight is 506 g/mol. The van der Waals surface area contributed by atoms with Crippen LogP contribution in [0.1, 0.15) is 49.2 Å². The number of piperazine rings is 1. The third-order valence-corrected chi connectivity index (χ3v) is 6.61. The largest absolute Gasteiger partial charge is 0.467 e. The van der Waals surface area contributed by atoms with E-state index in [1.54, 1.807) is 27.0 Å². The third-order valence-electron chi connectivity index (χ3n) is 6.17. The Bertz CT molecular complexity index is 1050. The zero-order valence-electron chi connectivity index (χ0n) is 19.8. The number of esters is 1. The molecule has 2 heterocycles. The number of carbonyl (C=O) groups excluding carboxylic acids is 2. The Hall–Kier alpha value is -2.35. The number of rotatable bonds is 2. The van der Waals surface area contributed by atoms with Crippen molar-refractivity contribution in [1.82, 2.24) is 14.8 Å². The van der Waals surface area contributed by atoms with E-state index in [9.17, 15) is 9.59 Å². The van der Waals surface area contributed by atoms with Gasteiger partial charge in [-0.25, -0.2) is 9.59 Å². The Labute approximate surface area is 209 Å². The lowest BCUT2D eigenvalue weighted by Crippen LogP contribution is -2.59. The normalized spacial score (nSPS) is 20.7. The molecule has 7 nitrogen and oxygen atoms in total. The van der Waals surface area contributed by atoms with Gasteiger partial charge in [-0.1, -0.05) is 29.3 Å². The lowest BCUT2D eigenvalue weighted by Gasteiger charge is -2.43. The van der Waals surface area contributed by atoms with Crippen LogP contribution in [0.25, 0.3) is 0 Å². The van der Waals surface area contributed by atoms with Gasteiger partial charge in [0.2, 0.25) is 0 Å². The zero-order valence-corrected chi connectivity index (χ0v) is 21.3. The van der Waals surface area contributed by atoms with Crippen LogP contribution in [0.3, 0.4) is 0 Å². The molecular weight excluding hydrogens is 477 g/mol. The molecule has 1 amide bonds. The van der Waals surface area contributed by atoms with E-state index in [2.05, 4.69) is 4.90 Å². The van der Waals surface area contributed by atoms with Crippen molar-refractivity contribution in [3.05, 3.63) is 62.9 Å². The van der Waals surface area contributed by atoms with Gasteiger partial charge in [0.25, 0.3) is 0 Å². The maximum absolute atomic E-state index is 12.9. The Morgan fingerprint density at radius 3 is 2.47 bits per heavy atom. The van der Waals surface area contributed by atoms with E-state index in [4.69, 9.17) is 37.7 Å². The summed E-state index contributed by atoms with van der Waals surface area (Å²) < 4.78 is 10.6. The maximum atomic E-state index is 12.9. The number of nitrogens with zero attached hydrogens (tertiary/aromatic N) is 3. The monoisotopic (exact) mass is 505 g/mol. The summed E-state index contributed by atoms with van der Waals surface area (Å²) in [6, 6.07) is 6.84. The van der Waals surface area contributed by atoms with Crippen LogP contribution in [0.4, 0.5) is 4.79 Å². The first kappa shape index (κ1) is 24.8. The van der Waals surface area contributed by atoms with E-state index < -0.39 is 23.7 Å². The molecule has 182 valence electrons. The minimum Gasteiger partial charge on any atom is -0.467 e. The molecular formula is C25H29Cl2N3O4. The minimum absolute atomic E-state index is 0.213. The number of fused-ring (bicyclic) bond motifs is 2. The first-order valence-corrected chi connectivity index (χ1v) is 12.1. The maximum Gasteiger partial charge on any atom is 0.411 e. The summed E-state index contributed by atoms with van der Waals surface area (Å²) in [6.45, 7) is 6.53. The molecule has 0 N–H and O–H groups in total. The Kier molecular flexibility index (Phi) is 7.08. The van der Waals surface area contributed by atoms with Crippen LogP contribution in [0.15, 0.2) is 30.5 Å². The zero-order chi connectivity index (χ0) is 24.6. The Morgan fingerprint density at radius 1 is 1.06 bits per heavy atom.